The monoisotopic (exact) mass is 399 g/mol. The van der Waals surface area contributed by atoms with Gasteiger partial charge in [0, 0.05) is 17.5 Å². The minimum atomic E-state index is -3.42. The highest BCUT2D eigenvalue weighted by Crippen LogP contribution is 2.36. The summed E-state index contributed by atoms with van der Waals surface area (Å²) in [5.41, 5.74) is 0. The Labute approximate surface area is 138 Å². The van der Waals surface area contributed by atoms with E-state index in [9.17, 15) is 8.42 Å². The Balaban J connectivity index is 2.34. The lowest BCUT2D eigenvalue weighted by Gasteiger charge is -2.34. The minimum absolute atomic E-state index is 0.144. The van der Waals surface area contributed by atoms with Crippen molar-refractivity contribution in [3.63, 3.8) is 0 Å². The van der Waals surface area contributed by atoms with Gasteiger partial charge < -0.3 is 0 Å². The Morgan fingerprint density at radius 2 is 2.25 bits per heavy atom. The third-order valence-corrected chi connectivity index (χ3v) is 8.27. The molecule has 1 atom stereocenters. The zero-order chi connectivity index (χ0) is 14.8. The fraction of sp³-hybridized carbons (Fsp3) is 0.692. The number of piperidine rings is 1. The van der Waals surface area contributed by atoms with Gasteiger partial charge in [-0.05, 0) is 41.3 Å². The summed E-state index contributed by atoms with van der Waals surface area (Å²) in [4.78, 5) is 1.25. The maximum Gasteiger partial charge on any atom is 0.245 e. The molecule has 1 saturated heterocycles. The number of hydrogen-bond acceptors (Lipinski definition) is 3. The van der Waals surface area contributed by atoms with Crippen LogP contribution in [0.4, 0.5) is 0 Å². The molecule has 0 bridgehead atoms. The third-order valence-electron chi connectivity index (χ3n) is 3.62. The van der Waals surface area contributed by atoms with Crippen molar-refractivity contribution in [2.45, 2.75) is 55.8 Å². The SMILES string of the molecule is CCCC1CCCCN1S(=O)(=O)c1cc(CCl)sc1Br. The molecule has 7 heteroatoms. The number of thiophene rings is 1. The van der Waals surface area contributed by atoms with Crippen LogP contribution in [-0.2, 0) is 15.9 Å². The molecule has 0 aromatic carbocycles. The van der Waals surface area contributed by atoms with E-state index in [1.807, 2.05) is 0 Å². The van der Waals surface area contributed by atoms with E-state index in [1.54, 1.807) is 10.4 Å². The molecule has 1 aromatic rings. The van der Waals surface area contributed by atoms with Gasteiger partial charge in [-0.3, -0.25) is 0 Å². The van der Waals surface area contributed by atoms with Crippen molar-refractivity contribution in [1.82, 2.24) is 4.31 Å². The molecule has 0 spiro atoms. The molecule has 1 aromatic heterocycles. The Morgan fingerprint density at radius 1 is 1.50 bits per heavy atom. The molecule has 0 saturated carbocycles. The average Bonchev–Trinajstić information content (AvgIpc) is 2.82. The second kappa shape index (κ2) is 7.09. The van der Waals surface area contributed by atoms with Gasteiger partial charge in [0.25, 0.3) is 0 Å². The first-order valence-electron chi connectivity index (χ1n) is 6.86. The lowest BCUT2D eigenvalue weighted by Crippen LogP contribution is -2.43. The number of hydrogen-bond donors (Lipinski definition) is 0. The molecule has 1 aliphatic heterocycles. The first kappa shape index (κ1) is 16.7. The van der Waals surface area contributed by atoms with Gasteiger partial charge in [0.1, 0.15) is 4.90 Å². The number of rotatable bonds is 5. The molecular formula is C13H19BrClNO2S2. The fourth-order valence-corrected chi connectivity index (χ4v) is 7.13. The summed E-state index contributed by atoms with van der Waals surface area (Å²) in [5.74, 6) is 0.344. The maximum atomic E-state index is 12.9. The first-order valence-corrected chi connectivity index (χ1v) is 10.4. The van der Waals surface area contributed by atoms with E-state index in [0.29, 0.717) is 21.1 Å². The first-order chi connectivity index (χ1) is 9.50. The summed E-state index contributed by atoms with van der Waals surface area (Å²) in [6.45, 7) is 2.73. The Morgan fingerprint density at radius 3 is 2.85 bits per heavy atom. The molecule has 2 heterocycles. The van der Waals surface area contributed by atoms with Crippen LogP contribution in [0.25, 0.3) is 0 Å². The van der Waals surface area contributed by atoms with E-state index >= 15 is 0 Å². The maximum absolute atomic E-state index is 12.9. The second-order valence-electron chi connectivity index (χ2n) is 5.04. The summed E-state index contributed by atoms with van der Waals surface area (Å²) in [5, 5.41) is 0. The van der Waals surface area contributed by atoms with Crippen LogP contribution in [0.15, 0.2) is 14.7 Å². The van der Waals surface area contributed by atoms with Crippen LogP contribution in [0, 0.1) is 0 Å². The molecule has 1 fully saturated rings. The summed E-state index contributed by atoms with van der Waals surface area (Å²) >= 11 is 10.6. The van der Waals surface area contributed by atoms with Gasteiger partial charge >= 0.3 is 0 Å². The van der Waals surface area contributed by atoms with Crippen LogP contribution in [0.2, 0.25) is 0 Å². The van der Waals surface area contributed by atoms with Crippen molar-refractivity contribution < 1.29 is 8.42 Å². The van der Waals surface area contributed by atoms with Crippen LogP contribution >= 0.6 is 38.9 Å². The largest absolute Gasteiger partial charge is 0.245 e. The van der Waals surface area contributed by atoms with Gasteiger partial charge in [0.05, 0.1) is 9.67 Å². The summed E-state index contributed by atoms with van der Waals surface area (Å²) in [7, 11) is -3.42. The van der Waals surface area contributed by atoms with Crippen LogP contribution in [-0.4, -0.2) is 25.3 Å². The predicted molar refractivity (Wildman–Crippen MR) is 88.0 cm³/mol. The number of halogens is 2. The molecule has 3 nitrogen and oxygen atoms in total. The van der Waals surface area contributed by atoms with Crippen molar-refractivity contribution in [2.75, 3.05) is 6.54 Å². The zero-order valence-corrected chi connectivity index (χ0v) is 15.4. The van der Waals surface area contributed by atoms with Crippen LogP contribution in [0.5, 0.6) is 0 Å². The topological polar surface area (TPSA) is 37.4 Å². The number of alkyl halides is 1. The molecule has 1 unspecified atom stereocenters. The van der Waals surface area contributed by atoms with Gasteiger partial charge in [0.15, 0.2) is 0 Å². The quantitative estimate of drug-likeness (QED) is 0.678. The predicted octanol–water partition coefficient (Wildman–Crippen LogP) is 4.59. The molecule has 0 amide bonds. The normalized spacial score (nSPS) is 21.2. The summed E-state index contributed by atoms with van der Waals surface area (Å²) < 4.78 is 28.1. The van der Waals surface area contributed by atoms with Gasteiger partial charge in [-0.25, -0.2) is 8.42 Å². The minimum Gasteiger partial charge on any atom is -0.207 e. The van der Waals surface area contributed by atoms with Crippen LogP contribution in [0.1, 0.15) is 43.9 Å². The van der Waals surface area contributed by atoms with E-state index < -0.39 is 10.0 Å². The molecule has 0 N–H and O–H groups in total. The highest BCUT2D eigenvalue weighted by Gasteiger charge is 2.34. The lowest BCUT2D eigenvalue weighted by molar-refractivity contribution is 0.239. The second-order valence-corrected chi connectivity index (χ2v) is 9.62. The van der Waals surface area contributed by atoms with Crippen LogP contribution < -0.4 is 0 Å². The molecule has 0 radical (unpaired) electrons. The van der Waals surface area contributed by atoms with E-state index in [0.717, 1.165) is 37.0 Å². The molecule has 1 aliphatic rings. The zero-order valence-electron chi connectivity index (χ0n) is 11.4. The highest BCUT2D eigenvalue weighted by molar-refractivity contribution is 9.11. The molecular weight excluding hydrogens is 382 g/mol. The van der Waals surface area contributed by atoms with E-state index in [4.69, 9.17) is 11.6 Å². The van der Waals surface area contributed by atoms with Gasteiger partial charge in [-0.2, -0.15) is 4.31 Å². The summed E-state index contributed by atoms with van der Waals surface area (Å²) in [6, 6.07) is 1.85. The number of sulfonamides is 1. The van der Waals surface area contributed by atoms with Gasteiger partial charge in [-0.1, -0.05) is 19.8 Å². The third kappa shape index (κ3) is 3.40. The molecule has 114 valence electrons. The van der Waals surface area contributed by atoms with Gasteiger partial charge in [0.2, 0.25) is 10.0 Å². The highest BCUT2D eigenvalue weighted by atomic mass is 79.9. The fourth-order valence-electron chi connectivity index (χ4n) is 2.68. The smallest absolute Gasteiger partial charge is 0.207 e. The van der Waals surface area contributed by atoms with Crippen molar-refractivity contribution in [3.8, 4) is 0 Å². The summed E-state index contributed by atoms with van der Waals surface area (Å²) in [6.07, 6.45) is 4.98. The van der Waals surface area contributed by atoms with E-state index in [-0.39, 0.29) is 6.04 Å². The van der Waals surface area contributed by atoms with E-state index in [1.165, 1.54) is 11.3 Å². The number of nitrogens with zero attached hydrogens (tertiary/aromatic N) is 1. The standard InChI is InChI=1S/C13H19BrClNO2S2/c1-2-5-10-6-3-4-7-16(10)20(17,18)12-8-11(9-15)19-13(12)14/h8,10H,2-7,9H2,1H3. The van der Waals surface area contributed by atoms with Crippen LogP contribution in [0.3, 0.4) is 0 Å². The Hall–Kier alpha value is 0.380. The Bertz CT molecular complexity index is 557. The molecule has 0 aliphatic carbocycles. The molecule has 2 rings (SSSR count). The average molecular weight is 401 g/mol. The lowest BCUT2D eigenvalue weighted by atomic mass is 10.0. The van der Waals surface area contributed by atoms with Gasteiger partial charge in [-0.15, -0.1) is 22.9 Å². The van der Waals surface area contributed by atoms with Crippen molar-refractivity contribution in [3.05, 3.63) is 14.7 Å². The Kier molecular flexibility index (Phi) is 5.94. The molecule has 20 heavy (non-hydrogen) atoms. The van der Waals surface area contributed by atoms with Crippen molar-refractivity contribution in [1.29, 1.82) is 0 Å². The van der Waals surface area contributed by atoms with Crippen molar-refractivity contribution in [2.24, 2.45) is 0 Å². The van der Waals surface area contributed by atoms with Crippen molar-refractivity contribution >= 4 is 48.9 Å². The van der Waals surface area contributed by atoms with E-state index in [2.05, 4.69) is 22.9 Å².